The van der Waals surface area contributed by atoms with Gasteiger partial charge < -0.3 is 15.0 Å². The summed E-state index contributed by atoms with van der Waals surface area (Å²) in [6, 6.07) is 15.5. The van der Waals surface area contributed by atoms with Gasteiger partial charge in [-0.15, -0.1) is 0 Å². The molecular formula is C20H17BrN2O2. The number of nitrogens with one attached hydrogen (secondary N) is 2. The standard InChI is InChI=1S/C20H17BrN2O2/c21-16-6-5-7-17(13-16)25-11-4-3-10-22-20(24)12-15-14-23-19-9-2-1-8-18(15)19/h1-2,5-9,13-14,23H,10-12H2,(H,22,24). The summed E-state index contributed by atoms with van der Waals surface area (Å²) in [6.45, 7) is 0.595. The van der Waals surface area contributed by atoms with Crippen molar-refractivity contribution in [1.29, 1.82) is 0 Å². The maximum atomic E-state index is 12.0. The van der Waals surface area contributed by atoms with E-state index in [9.17, 15) is 4.79 Å². The highest BCUT2D eigenvalue weighted by atomic mass is 79.9. The van der Waals surface area contributed by atoms with Crippen LogP contribution < -0.4 is 10.1 Å². The Kier molecular flexibility index (Phi) is 5.76. The van der Waals surface area contributed by atoms with E-state index >= 15 is 0 Å². The molecule has 0 aliphatic carbocycles. The van der Waals surface area contributed by atoms with Crippen LogP contribution in [0.4, 0.5) is 0 Å². The van der Waals surface area contributed by atoms with E-state index in [0.29, 0.717) is 13.0 Å². The van der Waals surface area contributed by atoms with E-state index < -0.39 is 0 Å². The highest BCUT2D eigenvalue weighted by molar-refractivity contribution is 9.10. The molecule has 0 spiro atoms. The number of carbonyl (C=O) groups excluding carboxylic acids is 1. The number of carbonyl (C=O) groups is 1. The van der Waals surface area contributed by atoms with Crippen LogP contribution in [0.3, 0.4) is 0 Å². The van der Waals surface area contributed by atoms with E-state index in [1.807, 2.05) is 54.7 Å². The molecule has 0 aliphatic heterocycles. The fourth-order valence-electron chi connectivity index (χ4n) is 2.45. The molecule has 25 heavy (non-hydrogen) atoms. The number of H-pyrrole nitrogens is 1. The summed E-state index contributed by atoms with van der Waals surface area (Å²) in [6.07, 6.45) is 2.21. The second-order valence-electron chi connectivity index (χ2n) is 5.41. The maximum Gasteiger partial charge on any atom is 0.225 e. The van der Waals surface area contributed by atoms with Crippen molar-refractivity contribution in [2.75, 3.05) is 13.2 Å². The van der Waals surface area contributed by atoms with E-state index in [1.54, 1.807) is 0 Å². The quantitative estimate of drug-likeness (QED) is 0.646. The van der Waals surface area contributed by atoms with Crippen LogP contribution in [0, 0.1) is 11.8 Å². The van der Waals surface area contributed by atoms with Crippen molar-refractivity contribution in [3.05, 3.63) is 64.8 Å². The molecular weight excluding hydrogens is 380 g/mol. The number of ether oxygens (including phenoxy) is 1. The molecule has 3 aromatic rings. The smallest absolute Gasteiger partial charge is 0.225 e. The normalized spacial score (nSPS) is 10.1. The Labute approximate surface area is 154 Å². The molecule has 0 unspecified atom stereocenters. The number of fused-ring (bicyclic) bond motifs is 1. The third-order valence-electron chi connectivity index (χ3n) is 3.63. The van der Waals surface area contributed by atoms with Crippen molar-refractivity contribution >= 4 is 32.7 Å². The first-order valence-electron chi connectivity index (χ1n) is 7.88. The predicted molar refractivity (Wildman–Crippen MR) is 102 cm³/mol. The molecule has 5 heteroatoms. The molecule has 1 aromatic heterocycles. The number of halogens is 1. The summed E-state index contributed by atoms with van der Waals surface area (Å²) < 4.78 is 6.47. The topological polar surface area (TPSA) is 54.1 Å². The molecule has 0 aliphatic rings. The van der Waals surface area contributed by atoms with Gasteiger partial charge in [-0.3, -0.25) is 4.79 Å². The van der Waals surface area contributed by atoms with Gasteiger partial charge in [0.15, 0.2) is 0 Å². The molecule has 0 fully saturated rings. The fourth-order valence-corrected chi connectivity index (χ4v) is 2.82. The lowest BCUT2D eigenvalue weighted by Crippen LogP contribution is -2.25. The summed E-state index contributed by atoms with van der Waals surface area (Å²) in [5, 5.41) is 3.88. The zero-order valence-electron chi connectivity index (χ0n) is 13.5. The second kappa shape index (κ2) is 8.41. The van der Waals surface area contributed by atoms with Gasteiger partial charge in [-0.05, 0) is 29.8 Å². The Hall–Kier alpha value is -2.71. The molecule has 3 rings (SSSR count). The van der Waals surface area contributed by atoms with E-state index in [2.05, 4.69) is 38.1 Å². The number of aromatic amines is 1. The van der Waals surface area contributed by atoms with Crippen LogP contribution in [0.5, 0.6) is 5.75 Å². The highest BCUT2D eigenvalue weighted by Crippen LogP contribution is 2.18. The molecule has 0 bridgehead atoms. The molecule has 0 atom stereocenters. The van der Waals surface area contributed by atoms with E-state index in [-0.39, 0.29) is 12.5 Å². The van der Waals surface area contributed by atoms with E-state index in [1.165, 1.54) is 0 Å². The minimum absolute atomic E-state index is 0.0491. The molecule has 0 radical (unpaired) electrons. The molecule has 4 nitrogen and oxygen atoms in total. The average molecular weight is 397 g/mol. The van der Waals surface area contributed by atoms with Crippen molar-refractivity contribution in [2.24, 2.45) is 0 Å². The SMILES string of the molecule is O=C(Cc1c[nH]c2ccccc12)NCC#CCOc1cccc(Br)c1. The number of rotatable bonds is 5. The lowest BCUT2D eigenvalue weighted by atomic mass is 10.1. The summed E-state index contributed by atoms with van der Waals surface area (Å²) in [5.74, 6) is 6.49. The number of hydrogen-bond donors (Lipinski definition) is 2. The summed E-state index contributed by atoms with van der Waals surface area (Å²) in [4.78, 5) is 15.2. The van der Waals surface area contributed by atoms with Crippen molar-refractivity contribution in [3.8, 4) is 17.6 Å². The first kappa shape index (κ1) is 17.1. The summed E-state index contributed by atoms with van der Waals surface area (Å²) in [5.41, 5.74) is 2.02. The van der Waals surface area contributed by atoms with Crippen LogP contribution in [0.15, 0.2) is 59.2 Å². The van der Waals surface area contributed by atoms with Gasteiger partial charge in [0.1, 0.15) is 12.4 Å². The molecule has 0 saturated heterocycles. The van der Waals surface area contributed by atoms with Crippen LogP contribution in [-0.4, -0.2) is 24.0 Å². The highest BCUT2D eigenvalue weighted by Gasteiger charge is 2.07. The third kappa shape index (κ3) is 4.88. The van der Waals surface area contributed by atoms with Gasteiger partial charge in [-0.1, -0.05) is 52.0 Å². The van der Waals surface area contributed by atoms with Crippen molar-refractivity contribution < 1.29 is 9.53 Å². The zero-order valence-corrected chi connectivity index (χ0v) is 15.1. The van der Waals surface area contributed by atoms with Gasteiger partial charge >= 0.3 is 0 Å². The first-order chi connectivity index (χ1) is 12.2. The van der Waals surface area contributed by atoms with Crippen LogP contribution in [0.25, 0.3) is 10.9 Å². The lowest BCUT2D eigenvalue weighted by molar-refractivity contribution is -0.120. The molecule has 1 amide bonds. The molecule has 2 N–H and O–H groups in total. The number of aromatic nitrogens is 1. The fraction of sp³-hybridized carbons (Fsp3) is 0.150. The van der Waals surface area contributed by atoms with Crippen LogP contribution in [0.2, 0.25) is 0 Å². The number of benzene rings is 2. The molecule has 0 saturated carbocycles. The van der Waals surface area contributed by atoms with Gasteiger partial charge in [0.25, 0.3) is 0 Å². The number of para-hydroxylation sites is 1. The Morgan fingerprint density at radius 2 is 2.04 bits per heavy atom. The lowest BCUT2D eigenvalue weighted by Gasteiger charge is -2.02. The van der Waals surface area contributed by atoms with E-state index in [4.69, 9.17) is 4.74 Å². The largest absolute Gasteiger partial charge is 0.481 e. The number of amides is 1. The number of hydrogen-bond acceptors (Lipinski definition) is 2. The van der Waals surface area contributed by atoms with Gasteiger partial charge in [-0.25, -0.2) is 0 Å². The van der Waals surface area contributed by atoms with Gasteiger partial charge in [0.2, 0.25) is 5.91 Å². The molecule has 126 valence electrons. The van der Waals surface area contributed by atoms with E-state index in [0.717, 1.165) is 26.7 Å². The third-order valence-corrected chi connectivity index (χ3v) is 4.13. The Bertz CT molecular complexity index is 937. The van der Waals surface area contributed by atoms with Crippen LogP contribution in [0.1, 0.15) is 5.56 Å². The Balaban J connectivity index is 1.42. The second-order valence-corrected chi connectivity index (χ2v) is 6.33. The van der Waals surface area contributed by atoms with Crippen LogP contribution in [-0.2, 0) is 11.2 Å². The maximum absolute atomic E-state index is 12.0. The zero-order chi connectivity index (χ0) is 17.5. The molecule has 1 heterocycles. The van der Waals surface area contributed by atoms with Crippen molar-refractivity contribution in [3.63, 3.8) is 0 Å². The van der Waals surface area contributed by atoms with Crippen molar-refractivity contribution in [1.82, 2.24) is 10.3 Å². The summed E-state index contributed by atoms with van der Waals surface area (Å²) >= 11 is 3.39. The van der Waals surface area contributed by atoms with Gasteiger partial charge in [-0.2, -0.15) is 0 Å². The van der Waals surface area contributed by atoms with Gasteiger partial charge in [0.05, 0.1) is 13.0 Å². The Morgan fingerprint density at radius 3 is 2.92 bits per heavy atom. The Morgan fingerprint density at radius 1 is 1.16 bits per heavy atom. The summed E-state index contributed by atoms with van der Waals surface area (Å²) in [7, 11) is 0. The average Bonchev–Trinajstić information content (AvgIpc) is 3.01. The minimum Gasteiger partial charge on any atom is -0.481 e. The predicted octanol–water partition coefficient (Wildman–Crippen LogP) is 3.67. The van der Waals surface area contributed by atoms with Crippen molar-refractivity contribution in [2.45, 2.75) is 6.42 Å². The first-order valence-corrected chi connectivity index (χ1v) is 8.67. The monoisotopic (exact) mass is 396 g/mol. The minimum atomic E-state index is -0.0491. The molecule has 2 aromatic carbocycles. The van der Waals surface area contributed by atoms with Crippen LogP contribution >= 0.6 is 15.9 Å². The van der Waals surface area contributed by atoms with Gasteiger partial charge in [0, 0.05) is 21.6 Å².